The van der Waals surface area contributed by atoms with E-state index in [1.807, 2.05) is 0 Å². The van der Waals surface area contributed by atoms with Gasteiger partial charge in [-0.05, 0) is 25.1 Å². The molecule has 0 atom stereocenters. The SMILES string of the molecule is CCOC(=O)CCN(C)S(=O)(=O)c1ccc(N)c(F)c1. The number of rotatable bonds is 6. The molecule has 1 aromatic rings. The van der Waals surface area contributed by atoms with Gasteiger partial charge in [0.1, 0.15) is 5.82 Å². The van der Waals surface area contributed by atoms with E-state index in [2.05, 4.69) is 0 Å². The molecule has 0 aliphatic heterocycles. The highest BCUT2D eigenvalue weighted by molar-refractivity contribution is 7.89. The second-order valence-corrected chi connectivity index (χ2v) is 6.11. The van der Waals surface area contributed by atoms with Gasteiger partial charge in [0.15, 0.2) is 0 Å². The van der Waals surface area contributed by atoms with Crippen LogP contribution in [0.25, 0.3) is 0 Å². The molecule has 8 heteroatoms. The molecule has 0 unspecified atom stereocenters. The van der Waals surface area contributed by atoms with Crippen molar-refractivity contribution < 1.29 is 22.3 Å². The zero-order valence-corrected chi connectivity index (χ0v) is 12.1. The number of hydrogen-bond acceptors (Lipinski definition) is 5. The quantitative estimate of drug-likeness (QED) is 0.625. The molecule has 6 nitrogen and oxygen atoms in total. The highest BCUT2D eigenvalue weighted by Gasteiger charge is 2.22. The minimum Gasteiger partial charge on any atom is -0.466 e. The molecule has 0 aliphatic carbocycles. The Balaban J connectivity index is 2.82. The highest BCUT2D eigenvalue weighted by Crippen LogP contribution is 2.19. The van der Waals surface area contributed by atoms with Crippen molar-refractivity contribution in [2.45, 2.75) is 18.2 Å². The number of carbonyl (C=O) groups excluding carboxylic acids is 1. The highest BCUT2D eigenvalue weighted by atomic mass is 32.2. The second-order valence-electron chi connectivity index (χ2n) is 4.06. The van der Waals surface area contributed by atoms with E-state index < -0.39 is 21.8 Å². The third-order valence-electron chi connectivity index (χ3n) is 2.62. The Kier molecular flexibility index (Phi) is 5.46. The van der Waals surface area contributed by atoms with Gasteiger partial charge >= 0.3 is 5.97 Å². The van der Waals surface area contributed by atoms with Crippen LogP contribution >= 0.6 is 0 Å². The van der Waals surface area contributed by atoms with Gasteiger partial charge in [-0.3, -0.25) is 4.79 Å². The summed E-state index contributed by atoms with van der Waals surface area (Å²) >= 11 is 0. The molecule has 0 aliphatic rings. The predicted octanol–water partition coefficient (Wildman–Crippen LogP) is 0.982. The average molecular weight is 304 g/mol. The number of nitrogen functional groups attached to an aromatic ring is 1. The van der Waals surface area contributed by atoms with Crippen molar-refractivity contribution in [3.05, 3.63) is 24.0 Å². The second kappa shape index (κ2) is 6.67. The lowest BCUT2D eigenvalue weighted by Gasteiger charge is -2.17. The van der Waals surface area contributed by atoms with E-state index in [9.17, 15) is 17.6 Å². The molecule has 0 saturated carbocycles. The number of sulfonamides is 1. The van der Waals surface area contributed by atoms with Crippen molar-refractivity contribution in [2.24, 2.45) is 0 Å². The maximum absolute atomic E-state index is 13.3. The molecule has 0 radical (unpaired) electrons. The first-order valence-electron chi connectivity index (χ1n) is 5.96. The van der Waals surface area contributed by atoms with Gasteiger partial charge in [-0.25, -0.2) is 17.1 Å². The monoisotopic (exact) mass is 304 g/mol. The van der Waals surface area contributed by atoms with Crippen LogP contribution in [0.15, 0.2) is 23.1 Å². The summed E-state index contributed by atoms with van der Waals surface area (Å²) in [6.07, 6.45) is -0.0684. The summed E-state index contributed by atoms with van der Waals surface area (Å²) in [5, 5.41) is 0. The van der Waals surface area contributed by atoms with E-state index in [0.29, 0.717) is 0 Å². The van der Waals surface area contributed by atoms with Crippen molar-refractivity contribution in [2.75, 3.05) is 25.9 Å². The van der Waals surface area contributed by atoms with Crippen LogP contribution in [0, 0.1) is 5.82 Å². The Morgan fingerprint density at radius 1 is 1.45 bits per heavy atom. The maximum atomic E-state index is 13.3. The first-order chi connectivity index (χ1) is 9.28. The van der Waals surface area contributed by atoms with Gasteiger partial charge in [0.05, 0.1) is 23.6 Å². The van der Waals surface area contributed by atoms with Crippen molar-refractivity contribution in [3.8, 4) is 0 Å². The summed E-state index contributed by atoms with van der Waals surface area (Å²) in [6.45, 7) is 1.85. The smallest absolute Gasteiger partial charge is 0.307 e. The molecule has 112 valence electrons. The Morgan fingerprint density at radius 3 is 2.65 bits per heavy atom. The van der Waals surface area contributed by atoms with Crippen LogP contribution in [0.3, 0.4) is 0 Å². The summed E-state index contributed by atoms with van der Waals surface area (Å²) in [6, 6.07) is 3.25. The first-order valence-corrected chi connectivity index (χ1v) is 7.40. The molecule has 1 aromatic carbocycles. The fourth-order valence-electron chi connectivity index (χ4n) is 1.45. The third-order valence-corrected chi connectivity index (χ3v) is 4.47. The number of nitrogens with two attached hydrogens (primary N) is 1. The number of esters is 1. The van der Waals surface area contributed by atoms with Gasteiger partial charge in [0.2, 0.25) is 10.0 Å². The van der Waals surface area contributed by atoms with Gasteiger partial charge in [-0.1, -0.05) is 0 Å². The molecule has 0 amide bonds. The van der Waals surface area contributed by atoms with Gasteiger partial charge in [-0.2, -0.15) is 0 Å². The van der Waals surface area contributed by atoms with Crippen molar-refractivity contribution in [3.63, 3.8) is 0 Å². The van der Waals surface area contributed by atoms with Crippen LogP contribution in [0.4, 0.5) is 10.1 Å². The van der Waals surface area contributed by atoms with E-state index in [0.717, 1.165) is 10.4 Å². The van der Waals surface area contributed by atoms with Crippen molar-refractivity contribution >= 4 is 21.7 Å². The number of benzene rings is 1. The number of carbonyl (C=O) groups is 1. The van der Waals surface area contributed by atoms with Gasteiger partial charge < -0.3 is 10.5 Å². The molecule has 0 bridgehead atoms. The Labute approximate surface area is 117 Å². The lowest BCUT2D eigenvalue weighted by Crippen LogP contribution is -2.29. The van der Waals surface area contributed by atoms with Crippen LogP contribution in [-0.2, 0) is 19.6 Å². The third kappa shape index (κ3) is 3.91. The van der Waals surface area contributed by atoms with Crippen LogP contribution in [-0.4, -0.2) is 38.9 Å². The fraction of sp³-hybridized carbons (Fsp3) is 0.417. The summed E-state index contributed by atoms with van der Waals surface area (Å²) in [5.74, 6) is -1.29. The molecule has 1 rings (SSSR count). The topological polar surface area (TPSA) is 89.7 Å². The molecule has 0 aromatic heterocycles. The normalized spacial score (nSPS) is 11.6. The molecule has 0 heterocycles. The van der Waals surface area contributed by atoms with Gasteiger partial charge in [0.25, 0.3) is 0 Å². The first kappa shape index (κ1) is 16.4. The molecule has 0 saturated heterocycles. The minimum atomic E-state index is -3.86. The largest absolute Gasteiger partial charge is 0.466 e. The minimum absolute atomic E-state index is 0.0485. The molecule has 0 fully saturated rings. The van der Waals surface area contributed by atoms with Crippen LogP contribution < -0.4 is 5.73 Å². The van der Waals surface area contributed by atoms with Crippen molar-refractivity contribution in [1.82, 2.24) is 4.31 Å². The summed E-state index contributed by atoms with van der Waals surface area (Å²) in [5.41, 5.74) is 5.17. The molecular formula is C12H17FN2O4S. The molecular weight excluding hydrogens is 287 g/mol. The summed E-state index contributed by atoms with van der Waals surface area (Å²) in [7, 11) is -2.55. The van der Waals surface area contributed by atoms with Crippen LogP contribution in [0.5, 0.6) is 0 Å². The maximum Gasteiger partial charge on any atom is 0.307 e. The Hall–Kier alpha value is -1.67. The summed E-state index contributed by atoms with van der Waals surface area (Å²) < 4.78 is 43.2. The van der Waals surface area contributed by atoms with E-state index in [1.165, 1.54) is 19.2 Å². The molecule has 20 heavy (non-hydrogen) atoms. The average Bonchev–Trinajstić information content (AvgIpc) is 2.39. The van der Waals surface area contributed by atoms with E-state index in [1.54, 1.807) is 6.92 Å². The molecule has 2 N–H and O–H groups in total. The van der Waals surface area contributed by atoms with Gasteiger partial charge in [-0.15, -0.1) is 0 Å². The zero-order valence-electron chi connectivity index (χ0n) is 11.3. The number of nitrogens with zero attached hydrogens (tertiary/aromatic N) is 1. The lowest BCUT2D eigenvalue weighted by molar-refractivity contribution is -0.143. The van der Waals surface area contributed by atoms with Crippen LogP contribution in [0.2, 0.25) is 0 Å². The van der Waals surface area contributed by atoms with Crippen molar-refractivity contribution in [1.29, 1.82) is 0 Å². The van der Waals surface area contributed by atoms with Gasteiger partial charge in [0, 0.05) is 13.6 Å². The lowest BCUT2D eigenvalue weighted by atomic mass is 10.3. The van der Waals surface area contributed by atoms with E-state index in [-0.39, 0.29) is 30.2 Å². The number of halogens is 1. The Bertz CT molecular complexity index is 589. The fourth-order valence-corrected chi connectivity index (χ4v) is 2.63. The predicted molar refractivity (Wildman–Crippen MR) is 71.9 cm³/mol. The Morgan fingerprint density at radius 2 is 2.10 bits per heavy atom. The molecule has 0 spiro atoms. The van der Waals surface area contributed by atoms with E-state index in [4.69, 9.17) is 10.5 Å². The number of anilines is 1. The van der Waals surface area contributed by atoms with E-state index >= 15 is 0 Å². The summed E-state index contributed by atoms with van der Waals surface area (Å²) in [4.78, 5) is 11.0. The standard InChI is InChI=1S/C12H17FN2O4S/c1-3-19-12(16)6-7-15(2)20(17,18)9-4-5-11(14)10(13)8-9/h4-5,8H,3,6-7,14H2,1-2H3. The zero-order chi connectivity index (χ0) is 15.3. The van der Waals surface area contributed by atoms with Crippen LogP contribution in [0.1, 0.15) is 13.3 Å². The number of hydrogen-bond donors (Lipinski definition) is 1. The number of ether oxygens (including phenoxy) is 1.